The smallest absolute Gasteiger partial charge is 0.0900 e. The van der Waals surface area contributed by atoms with Gasteiger partial charge >= 0.3 is 0 Å². The Morgan fingerprint density at radius 2 is 2.19 bits per heavy atom. The molecule has 4 nitrogen and oxygen atoms in total. The second kappa shape index (κ2) is 9.15. The number of rotatable bonds is 8. The Morgan fingerprint density at radius 3 is 2.95 bits per heavy atom. The van der Waals surface area contributed by atoms with E-state index in [0.29, 0.717) is 19.1 Å². The van der Waals surface area contributed by atoms with E-state index in [2.05, 4.69) is 10.2 Å². The van der Waals surface area contributed by atoms with Gasteiger partial charge in [-0.1, -0.05) is 30.3 Å². The summed E-state index contributed by atoms with van der Waals surface area (Å²) < 4.78 is 5.61. The average molecular weight is 292 g/mol. The molecule has 1 aromatic carbocycles. The predicted octanol–water partition coefficient (Wildman–Crippen LogP) is 1.50. The molecule has 0 aromatic heterocycles. The fourth-order valence-electron chi connectivity index (χ4n) is 3.01. The van der Waals surface area contributed by atoms with Crippen LogP contribution in [-0.2, 0) is 11.3 Å². The number of aliphatic hydroxyl groups excluding tert-OH is 1. The molecule has 0 aliphatic carbocycles. The molecule has 1 saturated heterocycles. The number of piperidine rings is 1. The van der Waals surface area contributed by atoms with Crippen molar-refractivity contribution in [3.8, 4) is 0 Å². The van der Waals surface area contributed by atoms with Gasteiger partial charge in [-0.15, -0.1) is 0 Å². The summed E-state index contributed by atoms with van der Waals surface area (Å²) in [5, 5.41) is 13.4. The van der Waals surface area contributed by atoms with Crippen molar-refractivity contribution < 1.29 is 9.84 Å². The minimum Gasteiger partial charge on any atom is -0.389 e. The van der Waals surface area contributed by atoms with Crippen molar-refractivity contribution in [2.24, 2.45) is 5.92 Å². The van der Waals surface area contributed by atoms with Gasteiger partial charge in [0.2, 0.25) is 0 Å². The van der Waals surface area contributed by atoms with Crippen molar-refractivity contribution in [2.75, 3.05) is 39.8 Å². The van der Waals surface area contributed by atoms with E-state index in [-0.39, 0.29) is 0 Å². The maximum atomic E-state index is 10.1. The number of likely N-dealkylation sites (tertiary alicyclic amines) is 1. The molecule has 1 aliphatic heterocycles. The summed E-state index contributed by atoms with van der Waals surface area (Å²) in [5.41, 5.74) is 1.15. The van der Waals surface area contributed by atoms with Crippen LogP contribution in [0.3, 0.4) is 0 Å². The Hall–Kier alpha value is -0.940. The summed E-state index contributed by atoms with van der Waals surface area (Å²) >= 11 is 0. The van der Waals surface area contributed by atoms with E-state index in [4.69, 9.17) is 4.74 Å². The summed E-state index contributed by atoms with van der Waals surface area (Å²) in [5.74, 6) is 0.709. The van der Waals surface area contributed by atoms with E-state index < -0.39 is 6.10 Å². The van der Waals surface area contributed by atoms with Gasteiger partial charge in [-0.25, -0.2) is 0 Å². The minimum atomic E-state index is -0.401. The van der Waals surface area contributed by atoms with Crippen LogP contribution in [-0.4, -0.2) is 55.9 Å². The number of nitrogens with one attached hydrogen (secondary N) is 1. The van der Waals surface area contributed by atoms with Gasteiger partial charge in [-0.3, -0.25) is 0 Å². The van der Waals surface area contributed by atoms with Crippen LogP contribution in [0.4, 0.5) is 0 Å². The lowest BCUT2D eigenvalue weighted by Crippen LogP contribution is -2.43. The van der Waals surface area contributed by atoms with Crippen LogP contribution in [0.5, 0.6) is 0 Å². The first-order valence-electron chi connectivity index (χ1n) is 7.94. The summed E-state index contributed by atoms with van der Waals surface area (Å²) in [7, 11) is 2.01. The zero-order valence-corrected chi connectivity index (χ0v) is 13.0. The van der Waals surface area contributed by atoms with E-state index in [1.54, 1.807) is 0 Å². The van der Waals surface area contributed by atoms with Crippen LogP contribution in [0.15, 0.2) is 30.3 Å². The van der Waals surface area contributed by atoms with Gasteiger partial charge in [0.05, 0.1) is 19.3 Å². The summed E-state index contributed by atoms with van der Waals surface area (Å²) in [6.07, 6.45) is 2.11. The SMILES string of the molecule is CNCC1CCCN(CC(O)COCc2ccccc2)C1. The molecule has 1 aromatic rings. The topological polar surface area (TPSA) is 44.7 Å². The van der Waals surface area contributed by atoms with Crippen LogP contribution in [0.1, 0.15) is 18.4 Å². The standard InChI is InChI=1S/C17H28N2O2/c1-18-10-16-8-5-9-19(11-16)12-17(20)14-21-13-15-6-3-2-4-7-15/h2-4,6-7,16-18,20H,5,8-14H2,1H3. The molecule has 118 valence electrons. The fraction of sp³-hybridized carbons (Fsp3) is 0.647. The quantitative estimate of drug-likeness (QED) is 0.762. The second-order valence-corrected chi connectivity index (χ2v) is 5.98. The monoisotopic (exact) mass is 292 g/mol. The van der Waals surface area contributed by atoms with Gasteiger partial charge in [0.1, 0.15) is 0 Å². The van der Waals surface area contributed by atoms with Crippen molar-refractivity contribution in [1.82, 2.24) is 10.2 Å². The fourth-order valence-corrected chi connectivity index (χ4v) is 3.01. The molecular formula is C17H28N2O2. The van der Waals surface area contributed by atoms with Crippen LogP contribution < -0.4 is 5.32 Å². The highest BCUT2D eigenvalue weighted by atomic mass is 16.5. The molecule has 2 unspecified atom stereocenters. The van der Waals surface area contributed by atoms with Crippen molar-refractivity contribution in [3.63, 3.8) is 0 Å². The normalized spacial score (nSPS) is 21.3. The number of β-amino-alcohol motifs (C(OH)–C–C–N with tert-alkyl or cyclic N) is 1. The van der Waals surface area contributed by atoms with Gasteiger partial charge < -0.3 is 20.1 Å². The first-order valence-corrected chi connectivity index (χ1v) is 7.94. The van der Waals surface area contributed by atoms with Gasteiger partial charge in [0.15, 0.2) is 0 Å². The molecular weight excluding hydrogens is 264 g/mol. The Labute approximate surface area is 128 Å². The molecule has 0 bridgehead atoms. The molecule has 21 heavy (non-hydrogen) atoms. The summed E-state index contributed by atoms with van der Waals surface area (Å²) in [4.78, 5) is 2.36. The van der Waals surface area contributed by atoms with E-state index in [1.165, 1.54) is 12.8 Å². The van der Waals surface area contributed by atoms with Crippen molar-refractivity contribution in [3.05, 3.63) is 35.9 Å². The Balaban J connectivity index is 1.63. The number of aliphatic hydroxyl groups is 1. The number of hydrogen-bond donors (Lipinski definition) is 2. The molecule has 4 heteroatoms. The Morgan fingerprint density at radius 1 is 1.38 bits per heavy atom. The molecule has 0 amide bonds. The van der Waals surface area contributed by atoms with Gasteiger partial charge in [0, 0.05) is 13.1 Å². The Kier molecular flexibility index (Phi) is 7.16. The lowest BCUT2D eigenvalue weighted by Gasteiger charge is -2.33. The highest BCUT2D eigenvalue weighted by Crippen LogP contribution is 2.15. The molecule has 1 fully saturated rings. The van der Waals surface area contributed by atoms with Crippen LogP contribution in [0.2, 0.25) is 0 Å². The molecule has 0 radical (unpaired) electrons. The predicted molar refractivity (Wildman–Crippen MR) is 85.2 cm³/mol. The van der Waals surface area contributed by atoms with Crippen molar-refractivity contribution >= 4 is 0 Å². The van der Waals surface area contributed by atoms with E-state index in [9.17, 15) is 5.11 Å². The molecule has 1 heterocycles. The average Bonchev–Trinajstić information content (AvgIpc) is 2.49. The number of ether oxygens (including phenoxy) is 1. The van der Waals surface area contributed by atoms with Crippen LogP contribution >= 0.6 is 0 Å². The third kappa shape index (κ3) is 6.14. The zero-order chi connectivity index (χ0) is 14.9. The number of hydrogen-bond acceptors (Lipinski definition) is 4. The summed E-state index contributed by atoms with van der Waals surface area (Å²) in [6, 6.07) is 10.1. The van der Waals surface area contributed by atoms with Gasteiger partial charge in [0.25, 0.3) is 0 Å². The van der Waals surface area contributed by atoms with Crippen molar-refractivity contribution in [2.45, 2.75) is 25.6 Å². The highest BCUT2D eigenvalue weighted by molar-refractivity contribution is 5.13. The summed E-state index contributed by atoms with van der Waals surface area (Å²) in [6.45, 7) is 4.93. The lowest BCUT2D eigenvalue weighted by atomic mass is 9.98. The highest BCUT2D eigenvalue weighted by Gasteiger charge is 2.21. The molecule has 0 saturated carbocycles. The Bertz CT molecular complexity index is 384. The number of benzene rings is 1. The third-order valence-corrected chi connectivity index (χ3v) is 3.99. The van der Waals surface area contributed by atoms with E-state index in [1.807, 2.05) is 37.4 Å². The maximum absolute atomic E-state index is 10.1. The third-order valence-electron chi connectivity index (χ3n) is 3.99. The molecule has 1 aliphatic rings. The first-order chi connectivity index (χ1) is 10.3. The van der Waals surface area contributed by atoms with Gasteiger partial charge in [-0.2, -0.15) is 0 Å². The second-order valence-electron chi connectivity index (χ2n) is 5.98. The molecule has 0 spiro atoms. The largest absolute Gasteiger partial charge is 0.389 e. The molecule has 2 atom stereocenters. The van der Waals surface area contributed by atoms with Crippen LogP contribution in [0, 0.1) is 5.92 Å². The zero-order valence-electron chi connectivity index (χ0n) is 13.0. The lowest BCUT2D eigenvalue weighted by molar-refractivity contribution is 0.00313. The maximum Gasteiger partial charge on any atom is 0.0900 e. The van der Waals surface area contributed by atoms with E-state index in [0.717, 1.165) is 31.7 Å². The molecule has 2 N–H and O–H groups in total. The number of nitrogens with zero attached hydrogens (tertiary/aromatic N) is 1. The minimum absolute atomic E-state index is 0.401. The van der Waals surface area contributed by atoms with E-state index >= 15 is 0 Å². The van der Waals surface area contributed by atoms with Crippen LogP contribution in [0.25, 0.3) is 0 Å². The molecule has 2 rings (SSSR count). The van der Waals surface area contributed by atoms with Crippen molar-refractivity contribution in [1.29, 1.82) is 0 Å². The van der Waals surface area contributed by atoms with Gasteiger partial charge in [-0.05, 0) is 44.5 Å². The first kappa shape index (κ1) is 16.4.